The van der Waals surface area contributed by atoms with E-state index < -0.39 is 0 Å². The molecular formula is C13H23BrCl2N2O2. The molecule has 20 heavy (non-hydrogen) atoms. The van der Waals surface area contributed by atoms with E-state index in [4.69, 9.17) is 9.84 Å². The molecule has 0 spiro atoms. The number of hydrogen-bond donors (Lipinski definition) is 3. The molecule has 1 rings (SSSR count). The fourth-order valence-corrected chi connectivity index (χ4v) is 2.00. The molecule has 0 aliphatic heterocycles. The van der Waals surface area contributed by atoms with Gasteiger partial charge in [-0.1, -0.05) is 15.9 Å². The molecule has 0 bridgehead atoms. The van der Waals surface area contributed by atoms with Crippen LogP contribution in [0, 0.1) is 0 Å². The zero-order valence-electron chi connectivity index (χ0n) is 11.7. The maximum atomic E-state index is 9.08. The van der Waals surface area contributed by atoms with Gasteiger partial charge in [-0.25, -0.2) is 0 Å². The molecule has 0 amide bonds. The monoisotopic (exact) mass is 388 g/mol. The van der Waals surface area contributed by atoms with E-state index in [0.717, 1.165) is 35.4 Å². The maximum absolute atomic E-state index is 9.08. The van der Waals surface area contributed by atoms with E-state index in [1.165, 1.54) is 0 Å². The van der Waals surface area contributed by atoms with Crippen molar-refractivity contribution in [1.29, 1.82) is 0 Å². The molecule has 0 saturated carbocycles. The van der Waals surface area contributed by atoms with Crippen molar-refractivity contribution in [2.75, 3.05) is 26.7 Å². The van der Waals surface area contributed by atoms with Gasteiger partial charge in [-0.15, -0.1) is 24.8 Å². The van der Waals surface area contributed by atoms with Crippen LogP contribution in [0.4, 0.5) is 0 Å². The van der Waals surface area contributed by atoms with Gasteiger partial charge in [0.25, 0.3) is 0 Å². The quantitative estimate of drug-likeness (QED) is 0.597. The summed E-state index contributed by atoms with van der Waals surface area (Å²) in [6.07, 6.45) is -0.296. The smallest absolute Gasteiger partial charge is 0.123 e. The van der Waals surface area contributed by atoms with Crippen LogP contribution in [0.1, 0.15) is 12.5 Å². The van der Waals surface area contributed by atoms with Crippen LogP contribution in [0.2, 0.25) is 0 Å². The molecular weight excluding hydrogens is 367 g/mol. The van der Waals surface area contributed by atoms with Crippen LogP contribution in [0.15, 0.2) is 22.7 Å². The van der Waals surface area contributed by atoms with Crippen LogP contribution in [-0.2, 0) is 6.54 Å². The minimum absolute atomic E-state index is 0. The van der Waals surface area contributed by atoms with Crippen molar-refractivity contribution in [3.05, 3.63) is 28.2 Å². The van der Waals surface area contributed by atoms with E-state index >= 15 is 0 Å². The van der Waals surface area contributed by atoms with Gasteiger partial charge in [0.2, 0.25) is 0 Å². The highest BCUT2D eigenvalue weighted by atomic mass is 79.9. The summed E-state index contributed by atoms with van der Waals surface area (Å²) >= 11 is 3.45. The number of halogens is 3. The fourth-order valence-electron chi connectivity index (χ4n) is 1.60. The molecule has 0 fully saturated rings. The predicted octanol–water partition coefficient (Wildman–Crippen LogP) is 2.36. The zero-order chi connectivity index (χ0) is 13.4. The third kappa shape index (κ3) is 9.00. The number of rotatable bonds is 8. The molecule has 3 N–H and O–H groups in total. The molecule has 0 heterocycles. The van der Waals surface area contributed by atoms with Crippen molar-refractivity contribution < 1.29 is 9.84 Å². The predicted molar refractivity (Wildman–Crippen MR) is 91.4 cm³/mol. The first-order valence-corrected chi connectivity index (χ1v) is 6.84. The topological polar surface area (TPSA) is 53.5 Å². The third-order valence-electron chi connectivity index (χ3n) is 2.48. The molecule has 0 radical (unpaired) electrons. The lowest BCUT2D eigenvalue weighted by Crippen LogP contribution is -2.31. The van der Waals surface area contributed by atoms with Gasteiger partial charge in [-0.05, 0) is 25.1 Å². The van der Waals surface area contributed by atoms with Crippen molar-refractivity contribution in [2.24, 2.45) is 0 Å². The number of hydrogen-bond acceptors (Lipinski definition) is 4. The van der Waals surface area contributed by atoms with Gasteiger partial charge in [0.1, 0.15) is 5.75 Å². The van der Waals surface area contributed by atoms with Gasteiger partial charge < -0.3 is 20.5 Å². The van der Waals surface area contributed by atoms with Crippen molar-refractivity contribution >= 4 is 40.7 Å². The average molecular weight is 390 g/mol. The van der Waals surface area contributed by atoms with E-state index in [2.05, 4.69) is 32.6 Å². The number of aliphatic hydroxyl groups excluding tert-OH is 1. The van der Waals surface area contributed by atoms with Gasteiger partial charge in [-0.3, -0.25) is 0 Å². The lowest BCUT2D eigenvalue weighted by Gasteiger charge is -2.11. The highest BCUT2D eigenvalue weighted by Gasteiger charge is 2.03. The Hall–Kier alpha value is -0.0400. The molecule has 0 aliphatic carbocycles. The molecule has 1 unspecified atom stereocenters. The normalized spacial score (nSPS) is 11.2. The Bertz CT molecular complexity index is 368. The first-order chi connectivity index (χ1) is 8.63. The number of nitrogens with one attached hydrogen (secondary N) is 2. The van der Waals surface area contributed by atoms with Gasteiger partial charge in [-0.2, -0.15) is 0 Å². The van der Waals surface area contributed by atoms with E-state index in [9.17, 15) is 0 Å². The van der Waals surface area contributed by atoms with Crippen molar-refractivity contribution in [3.63, 3.8) is 0 Å². The summed E-state index contributed by atoms with van der Waals surface area (Å²) < 4.78 is 6.35. The Balaban J connectivity index is 0. The lowest BCUT2D eigenvalue weighted by atomic mass is 10.2. The van der Waals surface area contributed by atoms with E-state index in [1.54, 1.807) is 14.0 Å². The van der Waals surface area contributed by atoms with Gasteiger partial charge in [0.15, 0.2) is 0 Å². The number of aliphatic hydroxyl groups is 1. The molecule has 7 heteroatoms. The summed E-state index contributed by atoms with van der Waals surface area (Å²) in [5, 5.41) is 15.6. The van der Waals surface area contributed by atoms with Crippen LogP contribution in [0.5, 0.6) is 5.75 Å². The molecule has 4 nitrogen and oxygen atoms in total. The summed E-state index contributed by atoms with van der Waals surface area (Å²) in [6.45, 7) is 4.84. The van der Waals surface area contributed by atoms with E-state index in [0.29, 0.717) is 6.54 Å². The van der Waals surface area contributed by atoms with Crippen LogP contribution >= 0.6 is 40.7 Å². The Morgan fingerprint density at radius 3 is 2.50 bits per heavy atom. The molecule has 0 aromatic heterocycles. The lowest BCUT2D eigenvalue weighted by molar-refractivity contribution is 0.191. The van der Waals surface area contributed by atoms with Crippen LogP contribution in [0.3, 0.4) is 0 Å². The second-order valence-corrected chi connectivity index (χ2v) is 5.10. The van der Waals surface area contributed by atoms with Gasteiger partial charge in [0, 0.05) is 36.2 Å². The Morgan fingerprint density at radius 2 is 1.90 bits per heavy atom. The van der Waals surface area contributed by atoms with Crippen molar-refractivity contribution in [2.45, 2.75) is 19.6 Å². The fraction of sp³-hybridized carbons (Fsp3) is 0.538. The zero-order valence-corrected chi connectivity index (χ0v) is 14.9. The number of methoxy groups -OCH3 is 1. The Labute approximate surface area is 141 Å². The summed E-state index contributed by atoms with van der Waals surface area (Å²) in [5.41, 5.74) is 1.13. The summed E-state index contributed by atoms with van der Waals surface area (Å²) in [4.78, 5) is 0. The average Bonchev–Trinajstić information content (AvgIpc) is 2.33. The van der Waals surface area contributed by atoms with Crippen molar-refractivity contribution in [3.8, 4) is 5.75 Å². The summed E-state index contributed by atoms with van der Waals surface area (Å²) in [7, 11) is 1.68. The highest BCUT2D eigenvalue weighted by Crippen LogP contribution is 2.22. The molecule has 0 saturated heterocycles. The standard InChI is InChI=1S/C13H21BrN2O2.2ClH/c1-10(17)8-15-5-6-16-9-11-7-12(14)3-4-13(11)18-2;;/h3-4,7,10,15-17H,5-6,8-9H2,1-2H3;2*1H. The third-order valence-corrected chi connectivity index (χ3v) is 2.97. The second-order valence-electron chi connectivity index (χ2n) is 4.19. The van der Waals surface area contributed by atoms with E-state index in [1.807, 2.05) is 12.1 Å². The maximum Gasteiger partial charge on any atom is 0.123 e. The van der Waals surface area contributed by atoms with Crippen LogP contribution < -0.4 is 15.4 Å². The molecule has 1 aromatic rings. The molecule has 1 atom stereocenters. The molecule has 118 valence electrons. The number of ether oxygens (including phenoxy) is 1. The Morgan fingerprint density at radius 1 is 1.25 bits per heavy atom. The first-order valence-electron chi connectivity index (χ1n) is 6.05. The van der Waals surface area contributed by atoms with Gasteiger partial charge >= 0.3 is 0 Å². The molecule has 0 aliphatic rings. The van der Waals surface area contributed by atoms with Crippen LogP contribution in [0.25, 0.3) is 0 Å². The number of benzene rings is 1. The summed E-state index contributed by atoms with van der Waals surface area (Å²) in [5.74, 6) is 0.891. The highest BCUT2D eigenvalue weighted by molar-refractivity contribution is 9.10. The SMILES string of the molecule is COc1ccc(Br)cc1CNCCNCC(C)O.Cl.Cl. The first kappa shape index (κ1) is 22.2. The van der Waals surface area contributed by atoms with Crippen LogP contribution in [-0.4, -0.2) is 38.0 Å². The summed E-state index contributed by atoms with van der Waals surface area (Å²) in [6, 6.07) is 5.97. The van der Waals surface area contributed by atoms with Crippen molar-refractivity contribution in [1.82, 2.24) is 10.6 Å². The minimum Gasteiger partial charge on any atom is -0.496 e. The van der Waals surface area contributed by atoms with E-state index in [-0.39, 0.29) is 30.9 Å². The molecule has 1 aromatic carbocycles. The largest absolute Gasteiger partial charge is 0.496 e. The minimum atomic E-state index is -0.296. The second kappa shape index (κ2) is 12.7. The Kier molecular flexibility index (Phi) is 14.1. The van der Waals surface area contributed by atoms with Gasteiger partial charge in [0.05, 0.1) is 13.2 Å².